The molecule has 1 aromatic heterocycles. The van der Waals surface area contributed by atoms with E-state index >= 15 is 0 Å². The Hall–Kier alpha value is -2.29. The van der Waals surface area contributed by atoms with Gasteiger partial charge in [-0.15, -0.1) is 0 Å². The number of aryl methyl sites for hydroxylation is 2. The summed E-state index contributed by atoms with van der Waals surface area (Å²) in [5.74, 6) is 2.71. The third-order valence-electron chi connectivity index (χ3n) is 4.13. The first-order valence-corrected chi connectivity index (χ1v) is 8.32. The molecule has 0 bridgehead atoms. The number of nitrogens with zero attached hydrogens (tertiary/aromatic N) is 1. The molecule has 0 unspecified atom stereocenters. The number of imidazole rings is 1. The molecule has 0 aliphatic heterocycles. The van der Waals surface area contributed by atoms with Crippen LogP contribution in [0.25, 0.3) is 11.0 Å². The van der Waals surface area contributed by atoms with Gasteiger partial charge < -0.3 is 4.74 Å². The Balaban J connectivity index is 1.83. The van der Waals surface area contributed by atoms with E-state index in [1.54, 1.807) is 0 Å². The monoisotopic (exact) mass is 309 g/mol. The highest BCUT2D eigenvalue weighted by atomic mass is 16.5. The van der Waals surface area contributed by atoms with Crippen LogP contribution in [0.15, 0.2) is 48.5 Å². The first-order chi connectivity index (χ1) is 11.1. The third kappa shape index (κ3) is 3.73. The second-order valence-corrected chi connectivity index (χ2v) is 6.52. The van der Waals surface area contributed by atoms with Gasteiger partial charge in [-0.1, -0.05) is 43.7 Å². The van der Waals surface area contributed by atoms with Crippen LogP contribution in [0.5, 0.6) is 5.75 Å². The number of hydrogen-bond donors (Lipinski definition) is 1. The maximum absolute atomic E-state index is 5.97. The van der Waals surface area contributed by atoms with Crippen molar-refractivity contribution < 1.29 is 9.30 Å². The van der Waals surface area contributed by atoms with Crippen molar-refractivity contribution in [1.82, 2.24) is 4.98 Å². The molecule has 0 saturated carbocycles. The van der Waals surface area contributed by atoms with Gasteiger partial charge in [0.15, 0.2) is 17.6 Å². The van der Waals surface area contributed by atoms with Crippen molar-refractivity contribution in [3.63, 3.8) is 0 Å². The molecule has 23 heavy (non-hydrogen) atoms. The fraction of sp³-hybridized carbons (Fsp3) is 0.350. The zero-order chi connectivity index (χ0) is 16.2. The Morgan fingerprint density at radius 2 is 1.78 bits per heavy atom. The number of rotatable bonds is 6. The lowest BCUT2D eigenvalue weighted by Gasteiger charge is -2.07. The van der Waals surface area contributed by atoms with Crippen LogP contribution >= 0.6 is 0 Å². The van der Waals surface area contributed by atoms with Crippen molar-refractivity contribution in [2.45, 2.75) is 40.3 Å². The minimum atomic E-state index is 0.551. The van der Waals surface area contributed by atoms with Gasteiger partial charge in [-0.3, -0.25) is 0 Å². The van der Waals surface area contributed by atoms with Gasteiger partial charge in [-0.2, -0.15) is 0 Å². The average molecular weight is 309 g/mol. The molecule has 0 fully saturated rings. The molecular weight excluding hydrogens is 284 g/mol. The maximum Gasteiger partial charge on any atom is 0.293 e. The van der Waals surface area contributed by atoms with E-state index in [0.717, 1.165) is 24.5 Å². The van der Waals surface area contributed by atoms with E-state index in [2.05, 4.69) is 66.7 Å². The summed E-state index contributed by atoms with van der Waals surface area (Å²) in [6.45, 7) is 8.17. The van der Waals surface area contributed by atoms with Crippen LogP contribution in [-0.4, -0.2) is 4.98 Å². The Morgan fingerprint density at radius 1 is 1.04 bits per heavy atom. The molecule has 0 amide bonds. The molecule has 3 aromatic rings. The predicted molar refractivity (Wildman–Crippen MR) is 93.5 cm³/mol. The SMILES string of the molecule is Cc1ccc(OCc2[nH]c3ccccc3[n+]2CCC(C)C)cc1. The molecule has 3 nitrogen and oxygen atoms in total. The van der Waals surface area contributed by atoms with Gasteiger partial charge in [-0.05, 0) is 43.5 Å². The van der Waals surface area contributed by atoms with Crippen LogP contribution < -0.4 is 9.30 Å². The van der Waals surface area contributed by atoms with Crippen LogP contribution in [0.2, 0.25) is 0 Å². The molecule has 0 spiro atoms. The average Bonchev–Trinajstić information content (AvgIpc) is 2.90. The minimum absolute atomic E-state index is 0.551. The Bertz CT molecular complexity index is 772. The smallest absolute Gasteiger partial charge is 0.293 e. The van der Waals surface area contributed by atoms with Gasteiger partial charge in [0.1, 0.15) is 5.75 Å². The lowest BCUT2D eigenvalue weighted by atomic mass is 10.1. The standard InChI is InChI=1S/C20H24N2O/c1-15(2)12-13-22-19-7-5-4-6-18(19)21-20(22)14-23-17-10-8-16(3)9-11-17/h4-11,15H,12-14H2,1-3H3/p+1. The molecule has 0 saturated heterocycles. The van der Waals surface area contributed by atoms with Crippen molar-refractivity contribution in [3.05, 3.63) is 59.9 Å². The van der Waals surface area contributed by atoms with E-state index < -0.39 is 0 Å². The van der Waals surface area contributed by atoms with Crippen molar-refractivity contribution in [2.75, 3.05) is 0 Å². The highest BCUT2D eigenvalue weighted by Crippen LogP contribution is 2.15. The van der Waals surface area contributed by atoms with Gasteiger partial charge in [0.05, 0.1) is 6.54 Å². The lowest BCUT2D eigenvalue weighted by molar-refractivity contribution is -0.681. The summed E-state index contributed by atoms with van der Waals surface area (Å²) in [5, 5.41) is 0. The summed E-state index contributed by atoms with van der Waals surface area (Å²) in [4.78, 5) is 3.51. The Morgan fingerprint density at radius 3 is 2.52 bits per heavy atom. The quantitative estimate of drug-likeness (QED) is 0.672. The summed E-state index contributed by atoms with van der Waals surface area (Å²) >= 11 is 0. The number of fused-ring (bicyclic) bond motifs is 1. The number of benzene rings is 2. The predicted octanol–water partition coefficient (Wildman–Crippen LogP) is 4.39. The molecule has 0 aliphatic carbocycles. The van der Waals surface area contributed by atoms with Crippen molar-refractivity contribution in [1.29, 1.82) is 0 Å². The lowest BCUT2D eigenvalue weighted by Crippen LogP contribution is -2.38. The van der Waals surface area contributed by atoms with E-state index in [1.165, 1.54) is 16.6 Å². The fourth-order valence-electron chi connectivity index (χ4n) is 2.73. The van der Waals surface area contributed by atoms with Crippen LogP contribution in [0.3, 0.4) is 0 Å². The van der Waals surface area contributed by atoms with Gasteiger partial charge >= 0.3 is 0 Å². The largest absolute Gasteiger partial charge is 0.481 e. The second kappa shape index (κ2) is 6.86. The first kappa shape index (κ1) is 15.6. The topological polar surface area (TPSA) is 28.9 Å². The molecule has 3 heteroatoms. The summed E-state index contributed by atoms with van der Waals surface area (Å²) in [7, 11) is 0. The first-order valence-electron chi connectivity index (χ1n) is 8.32. The summed E-state index contributed by atoms with van der Waals surface area (Å²) in [6.07, 6.45) is 1.16. The van der Waals surface area contributed by atoms with Crippen molar-refractivity contribution >= 4 is 11.0 Å². The van der Waals surface area contributed by atoms with Gasteiger partial charge in [0.25, 0.3) is 5.82 Å². The zero-order valence-corrected chi connectivity index (χ0v) is 14.2. The van der Waals surface area contributed by atoms with E-state index in [0.29, 0.717) is 12.5 Å². The number of hydrogen-bond acceptors (Lipinski definition) is 1. The van der Waals surface area contributed by atoms with Crippen LogP contribution in [0.4, 0.5) is 0 Å². The summed E-state index contributed by atoms with van der Waals surface area (Å²) in [5.41, 5.74) is 3.66. The van der Waals surface area contributed by atoms with Crippen molar-refractivity contribution in [3.8, 4) is 5.75 Å². The third-order valence-corrected chi connectivity index (χ3v) is 4.13. The van der Waals surface area contributed by atoms with Gasteiger partial charge in [-0.25, -0.2) is 9.55 Å². The number of aromatic nitrogens is 2. The number of ether oxygens (including phenoxy) is 1. The fourth-order valence-corrected chi connectivity index (χ4v) is 2.73. The Labute approximate surface area is 137 Å². The Kier molecular flexibility index (Phi) is 4.65. The molecule has 0 atom stereocenters. The molecule has 3 rings (SSSR count). The van der Waals surface area contributed by atoms with Crippen LogP contribution in [-0.2, 0) is 13.2 Å². The maximum atomic E-state index is 5.97. The normalized spacial score (nSPS) is 11.3. The van der Waals surface area contributed by atoms with Crippen LogP contribution in [0, 0.1) is 12.8 Å². The molecular formula is C20H25N2O+. The number of nitrogens with one attached hydrogen (secondary N) is 1. The van der Waals surface area contributed by atoms with Crippen LogP contribution in [0.1, 0.15) is 31.7 Å². The zero-order valence-electron chi connectivity index (χ0n) is 14.2. The van der Waals surface area contributed by atoms with Gasteiger partial charge in [0, 0.05) is 0 Å². The number of aromatic amines is 1. The molecule has 0 radical (unpaired) electrons. The molecule has 2 aromatic carbocycles. The molecule has 1 N–H and O–H groups in total. The highest BCUT2D eigenvalue weighted by molar-refractivity contribution is 5.70. The number of H-pyrrole nitrogens is 1. The molecule has 120 valence electrons. The van der Waals surface area contributed by atoms with Gasteiger partial charge in [0.2, 0.25) is 0 Å². The van der Waals surface area contributed by atoms with E-state index in [1.807, 2.05) is 12.1 Å². The van der Waals surface area contributed by atoms with E-state index in [9.17, 15) is 0 Å². The van der Waals surface area contributed by atoms with Crippen molar-refractivity contribution in [2.24, 2.45) is 5.92 Å². The molecule has 0 aliphatic rings. The summed E-state index contributed by atoms with van der Waals surface area (Å²) < 4.78 is 8.32. The number of para-hydroxylation sites is 2. The highest BCUT2D eigenvalue weighted by Gasteiger charge is 2.18. The second-order valence-electron chi connectivity index (χ2n) is 6.52. The summed E-state index contributed by atoms with van der Waals surface area (Å²) in [6, 6.07) is 16.6. The minimum Gasteiger partial charge on any atom is -0.481 e. The van der Waals surface area contributed by atoms with E-state index in [4.69, 9.17) is 4.74 Å². The van der Waals surface area contributed by atoms with E-state index in [-0.39, 0.29) is 0 Å². The molecule has 1 heterocycles.